The van der Waals surface area contributed by atoms with E-state index in [0.717, 1.165) is 24.1 Å². The monoisotopic (exact) mass is 370 g/mol. The fraction of sp³-hybridized carbons (Fsp3) is 0.316. The summed E-state index contributed by atoms with van der Waals surface area (Å²) in [6.07, 6.45) is 6.36. The van der Waals surface area contributed by atoms with Gasteiger partial charge in [-0.15, -0.1) is 0 Å². The van der Waals surface area contributed by atoms with Crippen LogP contribution in [0.2, 0.25) is 5.02 Å². The maximum Gasteiger partial charge on any atom is 0.274 e. The van der Waals surface area contributed by atoms with E-state index < -0.39 is 0 Å². The Labute approximate surface area is 156 Å². The molecule has 1 aliphatic rings. The average molecular weight is 371 g/mol. The van der Waals surface area contributed by atoms with Gasteiger partial charge in [0.05, 0.1) is 0 Å². The SMILES string of the molecule is O=C(Cn1cccc1-c1nc(-c2ccc(Cl)cc2)no1)NC1CCCC1. The van der Waals surface area contributed by atoms with E-state index in [1.807, 2.05) is 35.0 Å². The summed E-state index contributed by atoms with van der Waals surface area (Å²) in [6, 6.07) is 11.3. The number of carbonyl (C=O) groups is 1. The summed E-state index contributed by atoms with van der Waals surface area (Å²) in [5.41, 5.74) is 1.54. The Morgan fingerprint density at radius 1 is 1.23 bits per heavy atom. The van der Waals surface area contributed by atoms with Crippen LogP contribution in [0.5, 0.6) is 0 Å². The van der Waals surface area contributed by atoms with Gasteiger partial charge in [0.15, 0.2) is 0 Å². The number of benzene rings is 1. The number of nitrogens with zero attached hydrogens (tertiary/aromatic N) is 3. The Morgan fingerprint density at radius 3 is 2.77 bits per heavy atom. The summed E-state index contributed by atoms with van der Waals surface area (Å²) in [5, 5.41) is 7.78. The zero-order valence-electron chi connectivity index (χ0n) is 14.2. The van der Waals surface area contributed by atoms with Crippen molar-refractivity contribution in [3.63, 3.8) is 0 Å². The molecular formula is C19H19ClN4O2. The summed E-state index contributed by atoms with van der Waals surface area (Å²) in [5.74, 6) is 0.875. The van der Waals surface area contributed by atoms with Gasteiger partial charge in [0, 0.05) is 22.8 Å². The number of halogens is 1. The van der Waals surface area contributed by atoms with Crippen molar-refractivity contribution in [2.75, 3.05) is 0 Å². The summed E-state index contributed by atoms with van der Waals surface area (Å²) < 4.78 is 7.23. The van der Waals surface area contributed by atoms with Crippen LogP contribution in [0.4, 0.5) is 0 Å². The number of hydrogen-bond acceptors (Lipinski definition) is 4. The molecule has 0 atom stereocenters. The molecule has 6 nitrogen and oxygen atoms in total. The number of hydrogen-bond donors (Lipinski definition) is 1. The number of rotatable bonds is 5. The molecule has 0 unspecified atom stereocenters. The van der Waals surface area contributed by atoms with E-state index in [4.69, 9.17) is 16.1 Å². The molecule has 0 radical (unpaired) electrons. The topological polar surface area (TPSA) is 73.0 Å². The van der Waals surface area contributed by atoms with E-state index in [1.54, 1.807) is 12.1 Å². The molecule has 1 aliphatic carbocycles. The lowest BCUT2D eigenvalue weighted by molar-refractivity contribution is -0.122. The van der Waals surface area contributed by atoms with E-state index in [2.05, 4.69) is 15.5 Å². The van der Waals surface area contributed by atoms with E-state index in [9.17, 15) is 4.79 Å². The minimum Gasteiger partial charge on any atom is -0.352 e. The first-order valence-electron chi connectivity index (χ1n) is 8.73. The molecule has 1 amide bonds. The van der Waals surface area contributed by atoms with Gasteiger partial charge in [0.1, 0.15) is 12.2 Å². The smallest absolute Gasteiger partial charge is 0.274 e. The van der Waals surface area contributed by atoms with Crippen molar-refractivity contribution < 1.29 is 9.32 Å². The molecule has 0 aliphatic heterocycles. The minimum atomic E-state index is 0.00629. The molecule has 1 aromatic carbocycles. The molecule has 4 rings (SSSR count). The Bertz CT molecular complexity index is 894. The first kappa shape index (κ1) is 16.8. The molecule has 1 N–H and O–H groups in total. The predicted octanol–water partition coefficient (Wildman–Crippen LogP) is 3.92. The van der Waals surface area contributed by atoms with Crippen molar-refractivity contribution in [2.24, 2.45) is 0 Å². The van der Waals surface area contributed by atoms with Gasteiger partial charge in [-0.3, -0.25) is 4.79 Å². The van der Waals surface area contributed by atoms with Gasteiger partial charge >= 0.3 is 0 Å². The van der Waals surface area contributed by atoms with Gasteiger partial charge in [-0.1, -0.05) is 29.6 Å². The third-order valence-electron chi connectivity index (χ3n) is 4.61. The maximum atomic E-state index is 12.3. The first-order chi connectivity index (χ1) is 12.7. The summed E-state index contributed by atoms with van der Waals surface area (Å²) in [6.45, 7) is 0.234. The van der Waals surface area contributed by atoms with Crippen molar-refractivity contribution in [1.29, 1.82) is 0 Å². The predicted molar refractivity (Wildman–Crippen MR) is 98.6 cm³/mol. The number of aromatic nitrogens is 3. The zero-order chi connectivity index (χ0) is 17.9. The second-order valence-corrected chi connectivity index (χ2v) is 6.94. The molecule has 3 aromatic rings. The highest BCUT2D eigenvalue weighted by Gasteiger charge is 2.19. The summed E-state index contributed by atoms with van der Waals surface area (Å²) in [4.78, 5) is 16.7. The highest BCUT2D eigenvalue weighted by Crippen LogP contribution is 2.24. The molecule has 2 aromatic heterocycles. The molecule has 1 saturated carbocycles. The number of nitrogens with one attached hydrogen (secondary N) is 1. The molecule has 1 fully saturated rings. The van der Waals surface area contributed by atoms with Gasteiger partial charge in [0.2, 0.25) is 11.7 Å². The molecule has 26 heavy (non-hydrogen) atoms. The normalized spacial score (nSPS) is 14.7. The van der Waals surface area contributed by atoms with Crippen LogP contribution in [0.3, 0.4) is 0 Å². The van der Waals surface area contributed by atoms with Gasteiger partial charge < -0.3 is 14.4 Å². The Kier molecular flexibility index (Phi) is 4.75. The third-order valence-corrected chi connectivity index (χ3v) is 4.86. The van der Waals surface area contributed by atoms with Crippen LogP contribution in [0.15, 0.2) is 47.1 Å². The maximum absolute atomic E-state index is 12.3. The van der Waals surface area contributed by atoms with Crippen LogP contribution in [0, 0.1) is 0 Å². The standard InChI is InChI=1S/C19H19ClN4O2/c20-14-9-7-13(8-10-14)18-22-19(26-23-18)16-6-3-11-24(16)12-17(25)21-15-4-1-2-5-15/h3,6-11,15H,1-2,4-5,12H2,(H,21,25). The van der Waals surface area contributed by atoms with Crippen LogP contribution in [-0.4, -0.2) is 26.7 Å². The Morgan fingerprint density at radius 2 is 2.00 bits per heavy atom. The van der Waals surface area contributed by atoms with Crippen LogP contribution in [-0.2, 0) is 11.3 Å². The lowest BCUT2D eigenvalue weighted by atomic mass is 10.2. The van der Waals surface area contributed by atoms with Gasteiger partial charge in [-0.05, 0) is 49.2 Å². The van der Waals surface area contributed by atoms with Gasteiger partial charge in [0.25, 0.3) is 5.89 Å². The second-order valence-electron chi connectivity index (χ2n) is 6.50. The number of carbonyl (C=O) groups excluding carboxylic acids is 1. The average Bonchev–Trinajstić information content (AvgIpc) is 3.36. The lowest BCUT2D eigenvalue weighted by Gasteiger charge is -2.13. The van der Waals surface area contributed by atoms with E-state index in [-0.39, 0.29) is 12.5 Å². The largest absolute Gasteiger partial charge is 0.352 e. The third kappa shape index (κ3) is 3.65. The fourth-order valence-corrected chi connectivity index (χ4v) is 3.41. The van der Waals surface area contributed by atoms with Crippen molar-refractivity contribution in [2.45, 2.75) is 38.3 Å². The highest BCUT2D eigenvalue weighted by atomic mass is 35.5. The van der Waals surface area contributed by atoms with Crippen molar-refractivity contribution >= 4 is 17.5 Å². The fourth-order valence-electron chi connectivity index (χ4n) is 3.29. The molecule has 7 heteroatoms. The van der Waals surface area contributed by atoms with Gasteiger partial charge in [-0.25, -0.2) is 0 Å². The molecule has 134 valence electrons. The molecule has 0 spiro atoms. The van der Waals surface area contributed by atoms with Crippen LogP contribution >= 0.6 is 11.6 Å². The minimum absolute atomic E-state index is 0.00629. The summed E-state index contributed by atoms with van der Waals surface area (Å²) in [7, 11) is 0. The van der Waals surface area contributed by atoms with E-state index >= 15 is 0 Å². The van der Waals surface area contributed by atoms with Crippen molar-refractivity contribution in [1.82, 2.24) is 20.0 Å². The first-order valence-corrected chi connectivity index (χ1v) is 9.11. The van der Waals surface area contributed by atoms with Crippen molar-refractivity contribution in [3.05, 3.63) is 47.6 Å². The lowest BCUT2D eigenvalue weighted by Crippen LogP contribution is -2.35. The van der Waals surface area contributed by atoms with E-state index in [1.165, 1.54) is 12.8 Å². The van der Waals surface area contributed by atoms with E-state index in [0.29, 0.717) is 22.8 Å². The molecular weight excluding hydrogens is 352 g/mol. The summed E-state index contributed by atoms with van der Waals surface area (Å²) >= 11 is 5.91. The quantitative estimate of drug-likeness (QED) is 0.738. The number of amides is 1. The highest BCUT2D eigenvalue weighted by molar-refractivity contribution is 6.30. The Balaban J connectivity index is 1.49. The van der Waals surface area contributed by atoms with Gasteiger partial charge in [-0.2, -0.15) is 4.98 Å². The zero-order valence-corrected chi connectivity index (χ0v) is 14.9. The Hall–Kier alpha value is -2.60. The van der Waals surface area contributed by atoms with Crippen molar-refractivity contribution in [3.8, 4) is 23.0 Å². The second kappa shape index (κ2) is 7.33. The molecule has 2 heterocycles. The van der Waals surface area contributed by atoms with Crippen LogP contribution in [0.25, 0.3) is 23.0 Å². The molecule has 0 bridgehead atoms. The van der Waals surface area contributed by atoms with Crippen LogP contribution in [0.1, 0.15) is 25.7 Å². The van der Waals surface area contributed by atoms with Crippen LogP contribution < -0.4 is 5.32 Å². The molecule has 0 saturated heterocycles.